The number of nitrogens with one attached hydrogen (secondary N) is 1. The highest BCUT2D eigenvalue weighted by molar-refractivity contribution is 6.00. The molecule has 136 valence electrons. The summed E-state index contributed by atoms with van der Waals surface area (Å²) in [4.78, 5) is 23.5. The molecule has 3 aromatic rings. The van der Waals surface area contributed by atoms with E-state index in [0.717, 1.165) is 22.3 Å². The Balaban J connectivity index is 1.61. The summed E-state index contributed by atoms with van der Waals surface area (Å²) in [6, 6.07) is 23.1. The maximum Gasteiger partial charge on any atom is 0.337 e. The van der Waals surface area contributed by atoms with Crippen molar-refractivity contribution >= 4 is 17.6 Å². The Morgan fingerprint density at radius 1 is 0.889 bits per heavy atom. The van der Waals surface area contributed by atoms with Gasteiger partial charge in [-0.2, -0.15) is 0 Å². The van der Waals surface area contributed by atoms with Crippen molar-refractivity contribution in [2.24, 2.45) is 0 Å². The number of amides is 1. The molecule has 0 fully saturated rings. The van der Waals surface area contributed by atoms with Crippen LogP contribution >= 0.6 is 0 Å². The number of carboxylic acid groups (broad SMARTS) is 1. The van der Waals surface area contributed by atoms with Crippen molar-refractivity contribution in [3.05, 3.63) is 89.5 Å². The van der Waals surface area contributed by atoms with Crippen molar-refractivity contribution < 1.29 is 14.7 Å². The molecule has 0 heterocycles. The zero-order valence-electron chi connectivity index (χ0n) is 15.1. The summed E-state index contributed by atoms with van der Waals surface area (Å²) in [5, 5.41) is 12.0. The van der Waals surface area contributed by atoms with Crippen LogP contribution in [0.3, 0.4) is 0 Å². The van der Waals surface area contributed by atoms with Crippen molar-refractivity contribution in [2.75, 3.05) is 5.32 Å². The zero-order valence-corrected chi connectivity index (χ0v) is 15.1. The Bertz CT molecular complexity index is 947. The van der Waals surface area contributed by atoms with E-state index in [-0.39, 0.29) is 17.9 Å². The maximum atomic E-state index is 12.3. The fourth-order valence-electron chi connectivity index (χ4n) is 2.91. The minimum Gasteiger partial charge on any atom is -0.478 e. The van der Waals surface area contributed by atoms with Crippen LogP contribution in [-0.2, 0) is 11.2 Å². The lowest BCUT2D eigenvalue weighted by atomic mass is 10.0. The van der Waals surface area contributed by atoms with E-state index < -0.39 is 5.97 Å². The number of rotatable bonds is 6. The minimum atomic E-state index is -1.05. The maximum absolute atomic E-state index is 12.3. The quantitative estimate of drug-likeness (QED) is 0.656. The van der Waals surface area contributed by atoms with Crippen LogP contribution in [0.25, 0.3) is 11.1 Å². The van der Waals surface area contributed by atoms with E-state index in [1.54, 1.807) is 12.1 Å². The van der Waals surface area contributed by atoms with Gasteiger partial charge in [0.05, 0.1) is 11.3 Å². The van der Waals surface area contributed by atoms with Gasteiger partial charge in [0.2, 0.25) is 5.91 Å². The molecule has 3 aromatic carbocycles. The first-order valence-electron chi connectivity index (χ1n) is 8.81. The van der Waals surface area contributed by atoms with Crippen LogP contribution < -0.4 is 5.32 Å². The lowest BCUT2D eigenvalue weighted by Gasteiger charge is -2.10. The summed E-state index contributed by atoms with van der Waals surface area (Å²) < 4.78 is 0. The number of hydrogen-bond acceptors (Lipinski definition) is 2. The average Bonchev–Trinajstić information content (AvgIpc) is 2.67. The molecule has 3 rings (SSSR count). The van der Waals surface area contributed by atoms with Crippen molar-refractivity contribution in [1.82, 2.24) is 0 Å². The third kappa shape index (κ3) is 4.82. The van der Waals surface area contributed by atoms with E-state index >= 15 is 0 Å². The van der Waals surface area contributed by atoms with Crippen LogP contribution in [0.1, 0.15) is 27.9 Å². The molecule has 0 aliphatic heterocycles. The fourth-order valence-corrected chi connectivity index (χ4v) is 2.91. The van der Waals surface area contributed by atoms with Crippen LogP contribution in [0.5, 0.6) is 0 Å². The summed E-state index contributed by atoms with van der Waals surface area (Å²) in [7, 11) is 0. The first-order chi connectivity index (χ1) is 13.0. The molecule has 0 radical (unpaired) electrons. The highest BCUT2D eigenvalue weighted by Crippen LogP contribution is 2.21. The molecule has 4 heteroatoms. The Morgan fingerprint density at radius 3 is 2.22 bits per heavy atom. The van der Waals surface area contributed by atoms with Gasteiger partial charge in [-0.15, -0.1) is 0 Å². The van der Waals surface area contributed by atoms with Crippen molar-refractivity contribution in [2.45, 2.75) is 19.8 Å². The van der Waals surface area contributed by atoms with Gasteiger partial charge in [0, 0.05) is 6.42 Å². The molecule has 2 N–H and O–H groups in total. The van der Waals surface area contributed by atoms with Gasteiger partial charge in [0.25, 0.3) is 0 Å². The van der Waals surface area contributed by atoms with Gasteiger partial charge in [0.15, 0.2) is 0 Å². The third-order valence-electron chi connectivity index (χ3n) is 4.38. The van der Waals surface area contributed by atoms with Gasteiger partial charge in [-0.05, 0) is 47.7 Å². The second kappa shape index (κ2) is 8.32. The van der Waals surface area contributed by atoms with Crippen LogP contribution in [0.2, 0.25) is 0 Å². The molecule has 0 spiro atoms. The predicted octanol–water partition coefficient (Wildman–Crippen LogP) is 4.93. The number of carbonyl (C=O) groups is 2. The molecular formula is C23H21NO3. The van der Waals surface area contributed by atoms with E-state index in [1.165, 1.54) is 6.07 Å². The number of carbonyl (C=O) groups excluding carboxylic acids is 1. The SMILES string of the molecule is Cc1ccc(C(=O)O)c(NC(=O)CCc2ccc(-c3ccccc3)cc2)c1. The number of benzene rings is 3. The van der Waals surface area contributed by atoms with E-state index in [4.69, 9.17) is 0 Å². The fraction of sp³-hybridized carbons (Fsp3) is 0.130. The van der Waals surface area contributed by atoms with Crippen molar-refractivity contribution in [3.63, 3.8) is 0 Å². The lowest BCUT2D eigenvalue weighted by molar-refractivity contribution is -0.116. The zero-order chi connectivity index (χ0) is 19.2. The molecule has 0 aliphatic rings. The molecule has 0 aromatic heterocycles. The molecule has 0 saturated heterocycles. The molecule has 27 heavy (non-hydrogen) atoms. The van der Waals surface area contributed by atoms with E-state index in [0.29, 0.717) is 12.1 Å². The van der Waals surface area contributed by atoms with Gasteiger partial charge in [0.1, 0.15) is 0 Å². The molecule has 0 unspecified atom stereocenters. The van der Waals surface area contributed by atoms with Gasteiger partial charge in [-0.1, -0.05) is 60.7 Å². The topological polar surface area (TPSA) is 66.4 Å². The van der Waals surface area contributed by atoms with Gasteiger partial charge >= 0.3 is 5.97 Å². The van der Waals surface area contributed by atoms with Crippen LogP contribution in [0.15, 0.2) is 72.8 Å². The number of aromatic carboxylic acids is 1. The summed E-state index contributed by atoms with van der Waals surface area (Å²) in [6.07, 6.45) is 0.882. The normalized spacial score (nSPS) is 10.4. The second-order valence-corrected chi connectivity index (χ2v) is 6.47. The molecule has 0 aliphatic carbocycles. The largest absolute Gasteiger partial charge is 0.478 e. The second-order valence-electron chi connectivity index (χ2n) is 6.47. The first kappa shape index (κ1) is 18.4. The minimum absolute atomic E-state index is 0.0983. The highest BCUT2D eigenvalue weighted by atomic mass is 16.4. The number of hydrogen-bond donors (Lipinski definition) is 2. The van der Waals surface area contributed by atoms with E-state index in [2.05, 4.69) is 17.4 Å². The Kier molecular flexibility index (Phi) is 5.67. The monoisotopic (exact) mass is 359 g/mol. The van der Waals surface area contributed by atoms with Gasteiger partial charge in [-0.25, -0.2) is 4.79 Å². The molecule has 1 amide bonds. The summed E-state index contributed by atoms with van der Waals surface area (Å²) in [5.74, 6) is -1.25. The smallest absolute Gasteiger partial charge is 0.337 e. The molecule has 4 nitrogen and oxygen atoms in total. The third-order valence-corrected chi connectivity index (χ3v) is 4.38. The van der Waals surface area contributed by atoms with Crippen molar-refractivity contribution in [1.29, 1.82) is 0 Å². The van der Waals surface area contributed by atoms with Crippen LogP contribution in [0, 0.1) is 6.92 Å². The van der Waals surface area contributed by atoms with Crippen molar-refractivity contribution in [3.8, 4) is 11.1 Å². The van der Waals surface area contributed by atoms with Gasteiger partial charge in [-0.3, -0.25) is 4.79 Å². The Hall–Kier alpha value is -3.40. The average molecular weight is 359 g/mol. The lowest BCUT2D eigenvalue weighted by Crippen LogP contribution is -2.15. The van der Waals surface area contributed by atoms with Crippen LogP contribution in [0.4, 0.5) is 5.69 Å². The van der Waals surface area contributed by atoms with Gasteiger partial charge < -0.3 is 10.4 Å². The van der Waals surface area contributed by atoms with E-state index in [9.17, 15) is 14.7 Å². The number of aryl methyl sites for hydroxylation is 2. The Labute approximate surface area is 158 Å². The molecular weight excluding hydrogens is 338 g/mol. The van der Waals surface area contributed by atoms with Crippen LogP contribution in [-0.4, -0.2) is 17.0 Å². The Morgan fingerprint density at radius 2 is 1.56 bits per heavy atom. The molecule has 0 atom stereocenters. The molecule has 0 saturated carbocycles. The summed E-state index contributed by atoms with van der Waals surface area (Å²) in [5.41, 5.74) is 4.68. The number of anilines is 1. The first-order valence-corrected chi connectivity index (χ1v) is 8.81. The highest BCUT2D eigenvalue weighted by Gasteiger charge is 2.12. The standard InChI is InChI=1S/C23H21NO3/c1-16-7-13-20(23(26)27)21(15-16)24-22(25)14-10-17-8-11-19(12-9-17)18-5-3-2-4-6-18/h2-9,11-13,15H,10,14H2,1H3,(H,24,25)(H,26,27). The molecule has 0 bridgehead atoms. The van der Waals surface area contributed by atoms with E-state index in [1.807, 2.05) is 49.4 Å². The number of carboxylic acids is 1. The predicted molar refractivity (Wildman–Crippen MR) is 107 cm³/mol. The summed E-state index contributed by atoms with van der Waals surface area (Å²) in [6.45, 7) is 1.86. The summed E-state index contributed by atoms with van der Waals surface area (Å²) >= 11 is 0.